The monoisotopic (exact) mass is 472 g/mol. The van der Waals surface area contributed by atoms with Gasteiger partial charge in [0.25, 0.3) is 5.69 Å². The van der Waals surface area contributed by atoms with Crippen LogP contribution in [0.5, 0.6) is 0 Å². The zero-order valence-electron chi connectivity index (χ0n) is 19.8. The van der Waals surface area contributed by atoms with Gasteiger partial charge in [0.15, 0.2) is 5.78 Å². The smallest absolute Gasteiger partial charge is 0.336 e. The lowest BCUT2D eigenvalue weighted by Crippen LogP contribution is -2.43. The Morgan fingerprint density at radius 2 is 1.91 bits per heavy atom. The number of dihydropyridines is 1. The van der Waals surface area contributed by atoms with Crippen LogP contribution in [-0.4, -0.2) is 50.1 Å². The Morgan fingerprint density at radius 3 is 2.53 bits per heavy atom. The topological polar surface area (TPSA) is 134 Å². The number of esters is 2. The lowest BCUT2D eigenvalue weighted by Gasteiger charge is -2.38. The van der Waals surface area contributed by atoms with Crippen molar-refractivity contribution in [2.75, 3.05) is 27.4 Å². The molecule has 1 N–H and O–H groups in total. The van der Waals surface area contributed by atoms with Crippen molar-refractivity contribution in [3.05, 3.63) is 62.0 Å². The highest BCUT2D eigenvalue weighted by atomic mass is 16.6. The van der Waals surface area contributed by atoms with E-state index in [1.807, 2.05) is 0 Å². The maximum absolute atomic E-state index is 13.6. The van der Waals surface area contributed by atoms with E-state index in [0.29, 0.717) is 28.9 Å². The molecule has 0 amide bonds. The molecule has 1 heterocycles. The van der Waals surface area contributed by atoms with Gasteiger partial charge in [0.05, 0.1) is 24.2 Å². The van der Waals surface area contributed by atoms with Gasteiger partial charge in [-0.3, -0.25) is 19.7 Å². The third-order valence-electron chi connectivity index (χ3n) is 6.25. The molecule has 0 saturated heterocycles. The van der Waals surface area contributed by atoms with Crippen LogP contribution in [0.25, 0.3) is 0 Å². The van der Waals surface area contributed by atoms with Crippen molar-refractivity contribution >= 4 is 23.4 Å². The van der Waals surface area contributed by atoms with E-state index in [1.165, 1.54) is 20.3 Å². The highest BCUT2D eigenvalue weighted by molar-refractivity contribution is 6.12. The van der Waals surface area contributed by atoms with Crippen molar-refractivity contribution in [2.45, 2.75) is 33.1 Å². The first-order valence-corrected chi connectivity index (χ1v) is 10.9. The van der Waals surface area contributed by atoms with Gasteiger partial charge in [-0.25, -0.2) is 4.79 Å². The van der Waals surface area contributed by atoms with Gasteiger partial charge in [-0.05, 0) is 31.7 Å². The van der Waals surface area contributed by atoms with E-state index in [-0.39, 0.29) is 36.0 Å². The summed E-state index contributed by atoms with van der Waals surface area (Å²) in [5.41, 5.74) is 2.12. The summed E-state index contributed by atoms with van der Waals surface area (Å²) in [6.45, 7) is 5.25. The lowest BCUT2D eigenvalue weighted by molar-refractivity contribution is -0.385. The molecule has 3 rings (SSSR count). The summed E-state index contributed by atoms with van der Waals surface area (Å²) in [5.74, 6) is -4.13. The van der Waals surface area contributed by atoms with Gasteiger partial charge in [0, 0.05) is 41.6 Å². The van der Waals surface area contributed by atoms with Crippen LogP contribution in [0, 0.1) is 28.9 Å². The van der Waals surface area contributed by atoms with Crippen LogP contribution in [-0.2, 0) is 28.6 Å². The summed E-state index contributed by atoms with van der Waals surface area (Å²) < 4.78 is 15.2. The molecule has 10 heteroatoms. The zero-order valence-corrected chi connectivity index (χ0v) is 19.8. The van der Waals surface area contributed by atoms with Gasteiger partial charge in [0.2, 0.25) is 0 Å². The third kappa shape index (κ3) is 4.58. The predicted octanol–water partition coefficient (Wildman–Crippen LogP) is 2.71. The molecule has 1 aromatic carbocycles. The van der Waals surface area contributed by atoms with Crippen LogP contribution in [0.4, 0.5) is 5.69 Å². The van der Waals surface area contributed by atoms with Gasteiger partial charge in [-0.15, -0.1) is 0 Å². The molecule has 0 bridgehead atoms. The van der Waals surface area contributed by atoms with E-state index in [2.05, 4.69) is 5.32 Å². The maximum atomic E-state index is 13.6. The molecule has 2 aliphatic rings. The normalized spacial score (nSPS) is 22.1. The minimum atomic E-state index is -1.04. The first-order chi connectivity index (χ1) is 16.1. The van der Waals surface area contributed by atoms with E-state index in [9.17, 15) is 24.5 Å². The van der Waals surface area contributed by atoms with E-state index in [4.69, 9.17) is 14.2 Å². The number of nitro groups is 1. The van der Waals surface area contributed by atoms with Crippen LogP contribution in [0.15, 0.2) is 40.7 Å². The van der Waals surface area contributed by atoms with Crippen molar-refractivity contribution in [2.24, 2.45) is 11.8 Å². The van der Waals surface area contributed by atoms with Gasteiger partial charge >= 0.3 is 11.9 Å². The Labute approximate surface area is 197 Å². The number of carbonyl (C=O) groups is 3. The van der Waals surface area contributed by atoms with Crippen molar-refractivity contribution in [3.8, 4) is 0 Å². The quantitative estimate of drug-likeness (QED) is 0.209. The lowest BCUT2D eigenvalue weighted by atomic mass is 9.69. The average molecular weight is 472 g/mol. The Kier molecular flexibility index (Phi) is 7.51. The Bertz CT molecular complexity index is 1100. The third-order valence-corrected chi connectivity index (χ3v) is 6.25. The number of rotatable bonds is 7. The maximum Gasteiger partial charge on any atom is 0.336 e. The van der Waals surface area contributed by atoms with E-state index < -0.39 is 34.5 Å². The van der Waals surface area contributed by atoms with Crippen LogP contribution < -0.4 is 5.32 Å². The first-order valence-electron chi connectivity index (χ1n) is 10.9. The van der Waals surface area contributed by atoms with Gasteiger partial charge in [0.1, 0.15) is 12.5 Å². The fourth-order valence-corrected chi connectivity index (χ4v) is 4.58. The van der Waals surface area contributed by atoms with Crippen LogP contribution >= 0.6 is 0 Å². The fraction of sp³-hybridized carbons (Fsp3) is 0.458. The van der Waals surface area contributed by atoms with Crippen LogP contribution in [0.3, 0.4) is 0 Å². The summed E-state index contributed by atoms with van der Waals surface area (Å²) in [5, 5.41) is 14.8. The molecule has 0 saturated carbocycles. The largest absolute Gasteiger partial charge is 0.468 e. The molecule has 0 aromatic heterocycles. The molecular formula is C24H28N2O8. The van der Waals surface area contributed by atoms with E-state index in [1.54, 1.807) is 32.9 Å². The summed E-state index contributed by atoms with van der Waals surface area (Å²) in [4.78, 5) is 50.3. The fourth-order valence-electron chi connectivity index (χ4n) is 4.58. The number of allylic oxidation sites excluding steroid dienone is 3. The number of nitrogens with one attached hydrogen (secondary N) is 1. The Hall–Kier alpha value is -3.53. The molecule has 10 nitrogen and oxygen atoms in total. The van der Waals surface area contributed by atoms with Gasteiger partial charge in [-0.2, -0.15) is 0 Å². The second-order valence-electron chi connectivity index (χ2n) is 8.47. The molecular weight excluding hydrogens is 444 g/mol. The number of carbonyl (C=O) groups excluding carboxylic acids is 3. The Morgan fingerprint density at radius 1 is 1.21 bits per heavy atom. The number of hydrogen-bond donors (Lipinski definition) is 1. The number of hydrogen-bond acceptors (Lipinski definition) is 9. The standard InChI is InChI=1S/C24H28N2O8/c1-12-6-7-15(11-17(12)26(30)31)20-19(24(29)34-9-8-32-4)14(3)25-16-10-13(2)18(23(28)33-5)22(27)21(16)20/h6-7,11,13,18,20,25H,8-10H2,1-5H3/t13-,18-,20-/m1/s1. The first kappa shape index (κ1) is 25.1. The number of ether oxygens (including phenoxy) is 3. The van der Waals surface area contributed by atoms with Crippen molar-refractivity contribution < 1.29 is 33.5 Å². The molecule has 3 atom stereocenters. The molecule has 0 radical (unpaired) electrons. The second kappa shape index (κ2) is 10.2. The number of aryl methyl sites for hydroxylation is 1. The van der Waals surface area contributed by atoms with Crippen molar-refractivity contribution in [1.82, 2.24) is 5.32 Å². The molecule has 0 fully saturated rings. The minimum Gasteiger partial charge on any atom is -0.468 e. The van der Waals surface area contributed by atoms with Gasteiger partial charge in [-0.1, -0.05) is 19.1 Å². The zero-order chi connectivity index (χ0) is 25.2. The highest BCUT2D eigenvalue weighted by Crippen LogP contribution is 2.46. The van der Waals surface area contributed by atoms with Crippen molar-refractivity contribution in [1.29, 1.82) is 0 Å². The summed E-state index contributed by atoms with van der Waals surface area (Å²) in [6, 6.07) is 4.59. The number of ketones is 1. The molecule has 0 unspecified atom stereocenters. The summed E-state index contributed by atoms with van der Waals surface area (Å²) in [6.07, 6.45) is 0.370. The molecule has 1 aliphatic heterocycles. The number of methoxy groups -OCH3 is 2. The number of benzene rings is 1. The summed E-state index contributed by atoms with van der Waals surface area (Å²) >= 11 is 0. The number of nitrogens with zero attached hydrogens (tertiary/aromatic N) is 1. The SMILES string of the molecule is COCCOC(=O)C1=C(C)NC2=C(C(=O)[C@H](C(=O)OC)[C@H](C)C2)[C@@H]1c1ccc(C)c([N+](=O)[O-])c1. The summed E-state index contributed by atoms with van der Waals surface area (Å²) in [7, 11) is 2.69. The Balaban J connectivity index is 2.19. The predicted molar refractivity (Wildman–Crippen MR) is 121 cm³/mol. The molecule has 182 valence electrons. The second-order valence-corrected chi connectivity index (χ2v) is 8.47. The average Bonchev–Trinajstić information content (AvgIpc) is 2.78. The van der Waals surface area contributed by atoms with Crippen molar-refractivity contribution in [3.63, 3.8) is 0 Å². The molecule has 0 spiro atoms. The molecule has 1 aliphatic carbocycles. The van der Waals surface area contributed by atoms with E-state index in [0.717, 1.165) is 0 Å². The molecule has 34 heavy (non-hydrogen) atoms. The molecule has 1 aromatic rings. The van der Waals surface area contributed by atoms with E-state index >= 15 is 0 Å². The number of Topliss-reactive ketones (excluding diaryl/α,β-unsaturated/α-hetero) is 1. The number of nitro benzene ring substituents is 1. The highest BCUT2D eigenvalue weighted by Gasteiger charge is 2.47. The minimum absolute atomic E-state index is 0.00541. The van der Waals surface area contributed by atoms with Crippen LogP contribution in [0.1, 0.15) is 37.3 Å². The van der Waals surface area contributed by atoms with Gasteiger partial charge < -0.3 is 19.5 Å². The van der Waals surface area contributed by atoms with Crippen LogP contribution in [0.2, 0.25) is 0 Å².